The molecule has 104 valence electrons. The van der Waals surface area contributed by atoms with Gasteiger partial charge >= 0.3 is 5.97 Å². The summed E-state index contributed by atoms with van der Waals surface area (Å²) in [5, 5.41) is 16.8. The standard InChI is InChI=1S/C14H15N3O3/c1-8-11(14(19)20)4-5-17(8)13(18)9-2-3-10-7-15-16-12(10)6-9/h2-3,6-8,11H,4-5H2,1H3,(H,15,16)(H,19,20). The molecule has 6 nitrogen and oxygen atoms in total. The van der Waals surface area contributed by atoms with E-state index in [1.165, 1.54) is 0 Å². The minimum atomic E-state index is -0.836. The molecule has 1 aromatic carbocycles. The number of amides is 1. The molecule has 1 aromatic heterocycles. The van der Waals surface area contributed by atoms with Gasteiger partial charge < -0.3 is 10.0 Å². The molecule has 1 amide bonds. The fourth-order valence-electron chi connectivity index (χ4n) is 2.79. The van der Waals surface area contributed by atoms with Crippen LogP contribution in [0, 0.1) is 5.92 Å². The number of rotatable bonds is 2. The van der Waals surface area contributed by atoms with Crippen molar-refractivity contribution in [2.75, 3.05) is 6.54 Å². The largest absolute Gasteiger partial charge is 0.481 e. The Labute approximate surface area is 115 Å². The lowest BCUT2D eigenvalue weighted by Crippen LogP contribution is -2.37. The van der Waals surface area contributed by atoms with Gasteiger partial charge in [-0.05, 0) is 25.5 Å². The molecule has 0 aliphatic carbocycles. The van der Waals surface area contributed by atoms with Crippen molar-refractivity contribution >= 4 is 22.8 Å². The topological polar surface area (TPSA) is 86.3 Å². The van der Waals surface area contributed by atoms with Crippen molar-refractivity contribution in [2.45, 2.75) is 19.4 Å². The molecule has 1 aliphatic rings. The van der Waals surface area contributed by atoms with Crippen LogP contribution in [0.15, 0.2) is 24.4 Å². The second-order valence-electron chi connectivity index (χ2n) is 5.14. The molecule has 0 radical (unpaired) electrons. The van der Waals surface area contributed by atoms with Gasteiger partial charge in [0.1, 0.15) is 0 Å². The number of carbonyl (C=O) groups is 2. The van der Waals surface area contributed by atoms with Crippen LogP contribution in [0.2, 0.25) is 0 Å². The van der Waals surface area contributed by atoms with Crippen LogP contribution in [0.3, 0.4) is 0 Å². The van der Waals surface area contributed by atoms with Crippen LogP contribution in [0.4, 0.5) is 0 Å². The van der Waals surface area contributed by atoms with Gasteiger partial charge in [0, 0.05) is 23.5 Å². The van der Waals surface area contributed by atoms with Crippen LogP contribution in [0.25, 0.3) is 10.9 Å². The Balaban J connectivity index is 1.87. The van der Waals surface area contributed by atoms with E-state index in [2.05, 4.69) is 10.2 Å². The van der Waals surface area contributed by atoms with Gasteiger partial charge in [-0.2, -0.15) is 5.10 Å². The molecule has 0 saturated carbocycles. The van der Waals surface area contributed by atoms with Crippen LogP contribution in [-0.2, 0) is 4.79 Å². The summed E-state index contributed by atoms with van der Waals surface area (Å²) < 4.78 is 0. The second kappa shape index (κ2) is 4.63. The summed E-state index contributed by atoms with van der Waals surface area (Å²) in [5.41, 5.74) is 1.36. The smallest absolute Gasteiger partial charge is 0.308 e. The summed E-state index contributed by atoms with van der Waals surface area (Å²) in [6, 6.07) is 5.06. The highest BCUT2D eigenvalue weighted by molar-refractivity contribution is 5.98. The van der Waals surface area contributed by atoms with Gasteiger partial charge in [0.25, 0.3) is 5.91 Å². The molecule has 3 rings (SSSR count). The van der Waals surface area contributed by atoms with E-state index >= 15 is 0 Å². The molecular weight excluding hydrogens is 258 g/mol. The maximum Gasteiger partial charge on any atom is 0.308 e. The number of nitrogens with one attached hydrogen (secondary N) is 1. The Hall–Kier alpha value is -2.37. The molecule has 0 spiro atoms. The van der Waals surface area contributed by atoms with Crippen LogP contribution >= 0.6 is 0 Å². The molecule has 2 unspecified atom stereocenters. The molecule has 6 heteroatoms. The van der Waals surface area contributed by atoms with E-state index in [0.717, 1.165) is 10.9 Å². The molecule has 20 heavy (non-hydrogen) atoms. The maximum atomic E-state index is 12.5. The van der Waals surface area contributed by atoms with Gasteiger partial charge in [-0.1, -0.05) is 6.07 Å². The summed E-state index contributed by atoms with van der Waals surface area (Å²) in [4.78, 5) is 25.2. The molecule has 1 fully saturated rings. The van der Waals surface area contributed by atoms with Gasteiger partial charge in [0.2, 0.25) is 0 Å². The number of H-pyrrole nitrogens is 1. The van der Waals surface area contributed by atoms with Gasteiger partial charge in [0.05, 0.1) is 17.6 Å². The number of benzene rings is 1. The fourth-order valence-corrected chi connectivity index (χ4v) is 2.79. The number of carboxylic acid groups (broad SMARTS) is 1. The van der Waals surface area contributed by atoms with Gasteiger partial charge in [-0.15, -0.1) is 0 Å². The maximum absolute atomic E-state index is 12.5. The predicted octanol–water partition coefficient (Wildman–Crippen LogP) is 1.50. The highest BCUT2D eigenvalue weighted by Crippen LogP contribution is 2.26. The zero-order valence-electron chi connectivity index (χ0n) is 11.0. The molecular formula is C14H15N3O3. The number of hydrogen-bond donors (Lipinski definition) is 2. The van der Waals surface area contributed by atoms with Crippen molar-refractivity contribution in [3.63, 3.8) is 0 Å². The van der Waals surface area contributed by atoms with Crippen molar-refractivity contribution in [2.24, 2.45) is 5.92 Å². The van der Waals surface area contributed by atoms with Crippen molar-refractivity contribution in [3.8, 4) is 0 Å². The molecule has 2 heterocycles. The third-order valence-electron chi connectivity index (χ3n) is 4.02. The van der Waals surface area contributed by atoms with Crippen molar-refractivity contribution < 1.29 is 14.7 Å². The Kier molecular flexibility index (Phi) is 2.93. The first-order valence-electron chi connectivity index (χ1n) is 6.55. The molecule has 2 N–H and O–H groups in total. The van der Waals surface area contributed by atoms with Gasteiger partial charge in [-0.25, -0.2) is 0 Å². The number of likely N-dealkylation sites (tertiary alicyclic amines) is 1. The zero-order chi connectivity index (χ0) is 14.3. The van der Waals surface area contributed by atoms with Gasteiger partial charge in [0.15, 0.2) is 0 Å². The molecule has 0 bridgehead atoms. The summed E-state index contributed by atoms with van der Waals surface area (Å²) in [6.45, 7) is 2.27. The number of aromatic nitrogens is 2. The number of hydrogen-bond acceptors (Lipinski definition) is 3. The first-order valence-corrected chi connectivity index (χ1v) is 6.55. The summed E-state index contributed by atoms with van der Waals surface area (Å²) in [5.74, 6) is -1.44. The SMILES string of the molecule is CC1C(C(=O)O)CCN1C(=O)c1ccc2cn[nH]c2c1. The Morgan fingerprint density at radius 3 is 2.95 bits per heavy atom. The number of nitrogens with zero attached hydrogens (tertiary/aromatic N) is 2. The van der Waals surface area contributed by atoms with E-state index in [9.17, 15) is 9.59 Å². The monoisotopic (exact) mass is 273 g/mol. The van der Waals surface area contributed by atoms with E-state index in [0.29, 0.717) is 18.5 Å². The Morgan fingerprint density at radius 2 is 2.25 bits per heavy atom. The molecule has 1 aliphatic heterocycles. The minimum Gasteiger partial charge on any atom is -0.481 e. The average molecular weight is 273 g/mol. The van der Waals surface area contributed by atoms with Crippen LogP contribution in [0.1, 0.15) is 23.7 Å². The predicted molar refractivity (Wildman–Crippen MR) is 72.3 cm³/mol. The normalized spacial score (nSPS) is 22.4. The lowest BCUT2D eigenvalue weighted by Gasteiger charge is -2.23. The second-order valence-corrected chi connectivity index (χ2v) is 5.14. The molecule has 2 atom stereocenters. The number of aliphatic carboxylic acids is 1. The van der Waals surface area contributed by atoms with Crippen molar-refractivity contribution in [3.05, 3.63) is 30.0 Å². The van der Waals surface area contributed by atoms with Crippen molar-refractivity contribution in [1.29, 1.82) is 0 Å². The average Bonchev–Trinajstić information content (AvgIpc) is 3.03. The Bertz CT molecular complexity index is 679. The summed E-state index contributed by atoms with van der Waals surface area (Å²) in [7, 11) is 0. The first kappa shape index (κ1) is 12.7. The third-order valence-corrected chi connectivity index (χ3v) is 4.02. The number of fused-ring (bicyclic) bond motifs is 1. The third kappa shape index (κ3) is 1.93. The van der Waals surface area contributed by atoms with Crippen LogP contribution in [-0.4, -0.2) is 44.7 Å². The lowest BCUT2D eigenvalue weighted by molar-refractivity contribution is -0.142. The number of aromatic amines is 1. The van der Waals surface area contributed by atoms with Crippen LogP contribution < -0.4 is 0 Å². The van der Waals surface area contributed by atoms with Gasteiger partial charge in [-0.3, -0.25) is 14.7 Å². The van der Waals surface area contributed by atoms with E-state index in [-0.39, 0.29) is 11.9 Å². The highest BCUT2D eigenvalue weighted by atomic mass is 16.4. The summed E-state index contributed by atoms with van der Waals surface area (Å²) >= 11 is 0. The zero-order valence-corrected chi connectivity index (χ0v) is 11.0. The summed E-state index contributed by atoms with van der Waals surface area (Å²) in [6.07, 6.45) is 2.21. The lowest BCUT2D eigenvalue weighted by atomic mass is 10.0. The van der Waals surface area contributed by atoms with E-state index in [1.54, 1.807) is 30.2 Å². The van der Waals surface area contributed by atoms with Crippen molar-refractivity contribution in [1.82, 2.24) is 15.1 Å². The fraction of sp³-hybridized carbons (Fsp3) is 0.357. The molecule has 2 aromatic rings. The van der Waals surface area contributed by atoms with Crippen LogP contribution in [0.5, 0.6) is 0 Å². The van der Waals surface area contributed by atoms with E-state index < -0.39 is 11.9 Å². The highest BCUT2D eigenvalue weighted by Gasteiger charge is 2.38. The Morgan fingerprint density at radius 1 is 1.45 bits per heavy atom. The first-order chi connectivity index (χ1) is 9.58. The minimum absolute atomic E-state index is 0.127. The van der Waals surface area contributed by atoms with E-state index in [1.807, 2.05) is 6.07 Å². The molecule has 1 saturated heterocycles. The van der Waals surface area contributed by atoms with E-state index in [4.69, 9.17) is 5.11 Å². The number of carbonyl (C=O) groups excluding carboxylic acids is 1. The quantitative estimate of drug-likeness (QED) is 0.868. The number of carboxylic acids is 1.